The molecule has 0 spiro atoms. The van der Waals surface area contributed by atoms with E-state index in [1.165, 1.54) is 4.68 Å². The molecule has 0 atom stereocenters. The Morgan fingerprint density at radius 3 is 2.67 bits per heavy atom. The number of hydrogen-bond donors (Lipinski definition) is 0. The van der Waals surface area contributed by atoms with Crippen molar-refractivity contribution in [1.29, 1.82) is 0 Å². The molecule has 0 aliphatic carbocycles. The molecular weight excluding hydrogens is 180 g/mol. The van der Waals surface area contributed by atoms with Gasteiger partial charge in [0, 0.05) is 7.05 Å². The van der Waals surface area contributed by atoms with Gasteiger partial charge in [-0.3, -0.25) is 4.68 Å². The van der Waals surface area contributed by atoms with Gasteiger partial charge in [-0.15, -0.1) is 0 Å². The standard InChI is InChI=1S/C7H9ClN2O2/c1-3-4-5(7(11)12)6(8)10(2)9-4/h3H2,1-2H3,(H,11,12)/p-1. The second-order valence-corrected chi connectivity index (χ2v) is 2.74. The van der Waals surface area contributed by atoms with Crippen molar-refractivity contribution in [3.63, 3.8) is 0 Å². The number of carbonyl (C=O) groups is 1. The number of carboxylic acid groups (broad SMARTS) is 1. The van der Waals surface area contributed by atoms with E-state index in [9.17, 15) is 9.90 Å². The predicted molar refractivity (Wildman–Crippen MR) is 41.9 cm³/mol. The minimum Gasteiger partial charge on any atom is -0.545 e. The molecule has 0 unspecified atom stereocenters. The molecule has 0 fully saturated rings. The lowest BCUT2D eigenvalue weighted by Crippen LogP contribution is -2.23. The van der Waals surface area contributed by atoms with Gasteiger partial charge in [-0.1, -0.05) is 18.5 Å². The van der Waals surface area contributed by atoms with E-state index >= 15 is 0 Å². The first kappa shape index (κ1) is 9.06. The molecule has 0 aliphatic rings. The Morgan fingerprint density at radius 1 is 1.75 bits per heavy atom. The normalized spacial score (nSPS) is 10.2. The van der Waals surface area contributed by atoms with Crippen molar-refractivity contribution in [2.75, 3.05) is 0 Å². The first-order valence-corrected chi connectivity index (χ1v) is 3.88. The molecule has 0 N–H and O–H groups in total. The number of rotatable bonds is 2. The molecule has 0 radical (unpaired) electrons. The van der Waals surface area contributed by atoms with Crippen LogP contribution in [-0.4, -0.2) is 15.7 Å². The van der Waals surface area contributed by atoms with Crippen molar-refractivity contribution in [2.24, 2.45) is 7.05 Å². The number of nitrogens with zero attached hydrogens (tertiary/aromatic N) is 2. The SMILES string of the molecule is CCc1nn(C)c(Cl)c1C(=O)[O-]. The summed E-state index contributed by atoms with van der Waals surface area (Å²) in [5, 5.41) is 14.6. The summed E-state index contributed by atoms with van der Waals surface area (Å²) in [6.45, 7) is 1.81. The number of aromatic carboxylic acids is 1. The Morgan fingerprint density at radius 2 is 2.33 bits per heavy atom. The number of aryl methyl sites for hydroxylation is 2. The summed E-state index contributed by atoms with van der Waals surface area (Å²) < 4.78 is 1.32. The van der Waals surface area contributed by atoms with Gasteiger partial charge in [0.05, 0.1) is 17.2 Å². The van der Waals surface area contributed by atoms with Crippen LogP contribution >= 0.6 is 11.6 Å². The Labute approximate surface area is 74.8 Å². The van der Waals surface area contributed by atoms with Gasteiger partial charge in [-0.2, -0.15) is 5.10 Å². The molecule has 4 nitrogen and oxygen atoms in total. The highest BCUT2D eigenvalue weighted by atomic mass is 35.5. The van der Waals surface area contributed by atoms with Crippen LogP contribution in [0.25, 0.3) is 0 Å². The minimum absolute atomic E-state index is 0.00154. The van der Waals surface area contributed by atoms with Gasteiger partial charge in [0.15, 0.2) is 0 Å². The lowest BCUT2D eigenvalue weighted by molar-refractivity contribution is -0.255. The molecular formula is C7H8ClN2O2-. The second-order valence-electron chi connectivity index (χ2n) is 2.38. The van der Waals surface area contributed by atoms with Crippen LogP contribution in [0, 0.1) is 0 Å². The molecule has 1 aromatic heterocycles. The number of aromatic nitrogens is 2. The zero-order valence-electron chi connectivity index (χ0n) is 6.80. The van der Waals surface area contributed by atoms with Crippen molar-refractivity contribution in [2.45, 2.75) is 13.3 Å². The first-order valence-electron chi connectivity index (χ1n) is 3.50. The fraction of sp³-hybridized carbons (Fsp3) is 0.429. The molecule has 0 saturated heterocycles. The average Bonchev–Trinajstić information content (AvgIpc) is 2.28. The van der Waals surface area contributed by atoms with Crippen molar-refractivity contribution in [1.82, 2.24) is 9.78 Å². The number of carbonyl (C=O) groups excluding carboxylic acids is 1. The summed E-state index contributed by atoms with van der Waals surface area (Å²) in [5.41, 5.74) is 0.462. The van der Waals surface area contributed by atoms with Crippen LogP contribution in [0.2, 0.25) is 5.15 Å². The molecule has 1 heterocycles. The Hall–Kier alpha value is -1.03. The van der Waals surface area contributed by atoms with Crippen LogP contribution in [0.4, 0.5) is 0 Å². The van der Waals surface area contributed by atoms with Crippen molar-refractivity contribution in [3.05, 3.63) is 16.4 Å². The quantitative estimate of drug-likeness (QED) is 0.655. The highest BCUT2D eigenvalue weighted by molar-refractivity contribution is 6.32. The third-order valence-electron chi connectivity index (χ3n) is 1.59. The summed E-state index contributed by atoms with van der Waals surface area (Å²) in [7, 11) is 1.59. The molecule has 0 aliphatic heterocycles. The van der Waals surface area contributed by atoms with Crippen LogP contribution < -0.4 is 5.11 Å². The fourth-order valence-electron chi connectivity index (χ4n) is 1.01. The van der Waals surface area contributed by atoms with Crippen molar-refractivity contribution in [3.8, 4) is 0 Å². The molecule has 0 aromatic carbocycles. The summed E-state index contributed by atoms with van der Waals surface area (Å²) in [5.74, 6) is -1.27. The zero-order chi connectivity index (χ0) is 9.30. The van der Waals surface area contributed by atoms with E-state index in [4.69, 9.17) is 11.6 Å². The van der Waals surface area contributed by atoms with Gasteiger partial charge in [0.1, 0.15) is 5.15 Å². The molecule has 12 heavy (non-hydrogen) atoms. The maximum absolute atomic E-state index is 10.6. The highest BCUT2D eigenvalue weighted by Gasteiger charge is 2.13. The molecule has 66 valence electrons. The van der Waals surface area contributed by atoms with E-state index in [0.29, 0.717) is 12.1 Å². The van der Waals surface area contributed by atoms with Crippen LogP contribution in [0.3, 0.4) is 0 Å². The monoisotopic (exact) mass is 187 g/mol. The fourth-order valence-corrected chi connectivity index (χ4v) is 1.23. The molecule has 5 heteroatoms. The highest BCUT2D eigenvalue weighted by Crippen LogP contribution is 2.18. The summed E-state index contributed by atoms with van der Waals surface area (Å²) in [4.78, 5) is 10.6. The zero-order valence-corrected chi connectivity index (χ0v) is 7.55. The second kappa shape index (κ2) is 3.15. The largest absolute Gasteiger partial charge is 0.545 e. The van der Waals surface area contributed by atoms with E-state index in [2.05, 4.69) is 5.10 Å². The summed E-state index contributed by atoms with van der Waals surface area (Å²) in [6, 6.07) is 0. The Balaban J connectivity index is 3.31. The summed E-state index contributed by atoms with van der Waals surface area (Å²) in [6.07, 6.45) is 0.532. The Kier molecular flexibility index (Phi) is 2.38. The van der Waals surface area contributed by atoms with Gasteiger partial charge >= 0.3 is 0 Å². The van der Waals surface area contributed by atoms with Crippen molar-refractivity contribution < 1.29 is 9.90 Å². The number of halogens is 1. The molecule has 1 aromatic rings. The lowest BCUT2D eigenvalue weighted by atomic mass is 10.2. The Bertz CT molecular complexity index is 319. The third kappa shape index (κ3) is 1.30. The van der Waals surface area contributed by atoms with Crippen molar-refractivity contribution >= 4 is 17.6 Å². The van der Waals surface area contributed by atoms with E-state index in [0.717, 1.165) is 0 Å². The summed E-state index contributed by atoms with van der Waals surface area (Å²) >= 11 is 5.67. The van der Waals surface area contributed by atoms with Gasteiger partial charge in [-0.25, -0.2) is 0 Å². The van der Waals surface area contributed by atoms with Crippen LogP contribution in [0.1, 0.15) is 23.0 Å². The van der Waals surface area contributed by atoms with Gasteiger partial charge in [0.2, 0.25) is 0 Å². The lowest BCUT2D eigenvalue weighted by Gasteiger charge is -2.00. The predicted octanol–water partition coefficient (Wildman–Crippen LogP) is -0.000600. The smallest absolute Gasteiger partial charge is 0.136 e. The maximum atomic E-state index is 10.6. The van der Waals surface area contributed by atoms with Crippen LogP contribution in [0.5, 0.6) is 0 Å². The van der Waals surface area contributed by atoms with E-state index in [1.807, 2.05) is 6.92 Å². The topological polar surface area (TPSA) is 58.0 Å². The van der Waals surface area contributed by atoms with Gasteiger partial charge in [-0.05, 0) is 6.42 Å². The molecule has 0 amide bonds. The average molecular weight is 188 g/mol. The molecule has 0 saturated carbocycles. The third-order valence-corrected chi connectivity index (χ3v) is 2.02. The minimum atomic E-state index is -1.27. The van der Waals surface area contributed by atoms with E-state index < -0.39 is 5.97 Å². The van der Waals surface area contributed by atoms with Crippen LogP contribution in [-0.2, 0) is 13.5 Å². The maximum Gasteiger partial charge on any atom is 0.136 e. The first-order chi connectivity index (χ1) is 5.57. The number of hydrogen-bond acceptors (Lipinski definition) is 3. The van der Waals surface area contributed by atoms with E-state index in [-0.39, 0.29) is 10.7 Å². The molecule has 1 rings (SSSR count). The molecule has 0 bridgehead atoms. The van der Waals surface area contributed by atoms with E-state index in [1.54, 1.807) is 7.05 Å². The number of carboxylic acids is 1. The van der Waals surface area contributed by atoms with Gasteiger partial charge < -0.3 is 9.90 Å². The van der Waals surface area contributed by atoms with Gasteiger partial charge in [0.25, 0.3) is 0 Å². The van der Waals surface area contributed by atoms with Crippen LogP contribution in [0.15, 0.2) is 0 Å².